The van der Waals surface area contributed by atoms with Gasteiger partial charge in [-0.25, -0.2) is 13.2 Å². The van der Waals surface area contributed by atoms with Gasteiger partial charge in [0.25, 0.3) is 5.91 Å². The molecule has 0 radical (unpaired) electrons. The molecule has 0 saturated heterocycles. The Balaban J connectivity index is 2.22. The van der Waals surface area contributed by atoms with E-state index in [2.05, 4.69) is 10.9 Å². The van der Waals surface area contributed by atoms with E-state index in [1.54, 1.807) is 0 Å². The average Bonchev–Trinajstić information content (AvgIpc) is 2.85. The third-order valence-electron chi connectivity index (χ3n) is 3.30. The van der Waals surface area contributed by atoms with E-state index in [0.717, 1.165) is 35.6 Å². The molecule has 126 valence electrons. The summed E-state index contributed by atoms with van der Waals surface area (Å²) >= 11 is 6.76. The molecular formula is C17H8ClF3N2OS. The molecule has 3 aromatic rings. The number of amides is 1. The first kappa shape index (κ1) is 17.3. The zero-order valence-corrected chi connectivity index (χ0v) is 14.0. The topological polar surface area (TPSA) is 34.4 Å². The Labute approximate surface area is 149 Å². The molecule has 0 spiro atoms. The van der Waals surface area contributed by atoms with Crippen molar-refractivity contribution < 1.29 is 18.0 Å². The van der Waals surface area contributed by atoms with Gasteiger partial charge in [0.2, 0.25) is 0 Å². The maximum atomic E-state index is 14.1. The number of carbonyl (C=O) groups excluding carboxylic acids is 1. The molecule has 0 aliphatic heterocycles. The lowest BCUT2D eigenvalue weighted by Crippen LogP contribution is -2.17. The summed E-state index contributed by atoms with van der Waals surface area (Å²) in [5.74, 6) is -0.564. The van der Waals surface area contributed by atoms with E-state index in [-0.39, 0.29) is 32.1 Å². The molecule has 0 atom stereocenters. The standard InChI is InChI=1S/C17H8ClF3N2OS/c1-2-5-23-15-13(21)7-10(20)8-14(15)25-17(23)22-16(24)11-4-3-9(19)6-12(11)18/h1,3-4,6-8H,5H2. The molecule has 0 bridgehead atoms. The summed E-state index contributed by atoms with van der Waals surface area (Å²) in [6.07, 6.45) is 5.29. The number of hydrogen-bond donors (Lipinski definition) is 0. The van der Waals surface area contributed by atoms with Gasteiger partial charge in [-0.15, -0.1) is 6.42 Å². The average molecular weight is 381 g/mol. The van der Waals surface area contributed by atoms with Crippen LogP contribution in [0.3, 0.4) is 0 Å². The second-order valence-electron chi connectivity index (χ2n) is 4.95. The second-order valence-corrected chi connectivity index (χ2v) is 6.37. The van der Waals surface area contributed by atoms with E-state index < -0.39 is 23.4 Å². The minimum atomic E-state index is -0.810. The Morgan fingerprint density at radius 3 is 2.68 bits per heavy atom. The number of rotatable bonds is 2. The lowest BCUT2D eigenvalue weighted by atomic mass is 10.2. The number of terminal acetylenes is 1. The third-order valence-corrected chi connectivity index (χ3v) is 4.64. The zero-order chi connectivity index (χ0) is 18.1. The molecule has 8 heteroatoms. The first-order valence-corrected chi connectivity index (χ1v) is 8.06. The fourth-order valence-electron chi connectivity index (χ4n) is 2.26. The summed E-state index contributed by atoms with van der Waals surface area (Å²) < 4.78 is 42.2. The number of carbonyl (C=O) groups is 1. The van der Waals surface area contributed by atoms with Crippen molar-refractivity contribution in [2.45, 2.75) is 6.54 Å². The normalized spacial score (nSPS) is 11.7. The van der Waals surface area contributed by atoms with Gasteiger partial charge in [0.15, 0.2) is 10.6 Å². The summed E-state index contributed by atoms with van der Waals surface area (Å²) in [6.45, 7) is -0.0637. The highest BCUT2D eigenvalue weighted by Gasteiger charge is 2.15. The Hall–Kier alpha value is -2.56. The van der Waals surface area contributed by atoms with Crippen LogP contribution >= 0.6 is 22.9 Å². The maximum Gasteiger partial charge on any atom is 0.281 e. The Bertz CT molecular complexity index is 1110. The second kappa shape index (κ2) is 6.75. The molecule has 0 unspecified atom stereocenters. The Morgan fingerprint density at radius 2 is 2.00 bits per heavy atom. The minimum Gasteiger partial charge on any atom is -0.302 e. The molecule has 1 aromatic heterocycles. The lowest BCUT2D eigenvalue weighted by molar-refractivity contribution is 0.0998. The predicted octanol–water partition coefficient (Wildman–Crippen LogP) is 4.15. The number of fused-ring (bicyclic) bond motifs is 1. The minimum absolute atomic E-state index is 0.0144. The third kappa shape index (κ3) is 3.31. The fraction of sp³-hybridized carbons (Fsp3) is 0.0588. The van der Waals surface area contributed by atoms with Crippen LogP contribution in [0.1, 0.15) is 10.4 Å². The van der Waals surface area contributed by atoms with Gasteiger partial charge in [-0.3, -0.25) is 4.79 Å². The highest BCUT2D eigenvalue weighted by Crippen LogP contribution is 2.23. The van der Waals surface area contributed by atoms with E-state index in [0.29, 0.717) is 0 Å². The van der Waals surface area contributed by atoms with Crippen LogP contribution in [0.4, 0.5) is 13.2 Å². The van der Waals surface area contributed by atoms with Gasteiger partial charge in [0.05, 0.1) is 27.3 Å². The molecule has 3 rings (SSSR count). The summed E-state index contributed by atoms with van der Waals surface area (Å²) in [6, 6.07) is 5.11. The summed E-state index contributed by atoms with van der Waals surface area (Å²) in [7, 11) is 0. The number of thiazole rings is 1. The van der Waals surface area contributed by atoms with Crippen molar-refractivity contribution in [2.24, 2.45) is 4.99 Å². The summed E-state index contributed by atoms with van der Waals surface area (Å²) in [4.78, 5) is 16.3. The summed E-state index contributed by atoms with van der Waals surface area (Å²) in [5.41, 5.74) is 0.0422. The first-order valence-electron chi connectivity index (χ1n) is 6.86. The van der Waals surface area contributed by atoms with Crippen molar-refractivity contribution in [1.29, 1.82) is 0 Å². The quantitative estimate of drug-likeness (QED) is 0.615. The van der Waals surface area contributed by atoms with E-state index in [1.807, 2.05) is 0 Å². The Kier molecular flexibility index (Phi) is 4.66. The molecule has 25 heavy (non-hydrogen) atoms. The number of aromatic nitrogens is 1. The molecule has 1 amide bonds. The van der Waals surface area contributed by atoms with Gasteiger partial charge in [0, 0.05) is 6.07 Å². The van der Waals surface area contributed by atoms with Crippen LogP contribution < -0.4 is 4.80 Å². The highest BCUT2D eigenvalue weighted by atomic mass is 35.5. The van der Waals surface area contributed by atoms with Gasteiger partial charge < -0.3 is 4.57 Å². The maximum absolute atomic E-state index is 14.1. The predicted molar refractivity (Wildman–Crippen MR) is 89.9 cm³/mol. The van der Waals surface area contributed by atoms with E-state index in [9.17, 15) is 18.0 Å². The molecule has 0 fully saturated rings. The van der Waals surface area contributed by atoms with Gasteiger partial charge in [-0.1, -0.05) is 28.9 Å². The largest absolute Gasteiger partial charge is 0.302 e. The summed E-state index contributed by atoms with van der Waals surface area (Å²) in [5, 5.41) is -0.101. The Morgan fingerprint density at radius 1 is 1.24 bits per heavy atom. The molecule has 1 heterocycles. The number of halogens is 4. The molecule has 0 N–H and O–H groups in total. The van der Waals surface area contributed by atoms with Crippen LogP contribution in [-0.4, -0.2) is 10.5 Å². The van der Waals surface area contributed by atoms with Crippen molar-refractivity contribution in [3.8, 4) is 12.3 Å². The van der Waals surface area contributed by atoms with Crippen molar-refractivity contribution in [2.75, 3.05) is 0 Å². The van der Waals surface area contributed by atoms with E-state index >= 15 is 0 Å². The van der Waals surface area contributed by atoms with E-state index in [4.69, 9.17) is 18.0 Å². The van der Waals surface area contributed by atoms with Crippen molar-refractivity contribution in [1.82, 2.24) is 4.57 Å². The van der Waals surface area contributed by atoms with Crippen LogP contribution in [0, 0.1) is 29.8 Å². The fourth-order valence-corrected chi connectivity index (χ4v) is 3.58. The molecule has 0 aliphatic rings. The van der Waals surface area contributed by atoms with Crippen molar-refractivity contribution in [3.05, 3.63) is 63.2 Å². The van der Waals surface area contributed by atoms with Gasteiger partial charge in [0.1, 0.15) is 11.6 Å². The lowest BCUT2D eigenvalue weighted by Gasteiger charge is -2.02. The van der Waals surface area contributed by atoms with Gasteiger partial charge >= 0.3 is 0 Å². The highest BCUT2D eigenvalue weighted by molar-refractivity contribution is 7.16. The molecule has 3 nitrogen and oxygen atoms in total. The zero-order valence-electron chi connectivity index (χ0n) is 12.4. The molecule has 0 aliphatic carbocycles. The van der Waals surface area contributed by atoms with Crippen LogP contribution in [0.15, 0.2) is 35.3 Å². The number of nitrogens with zero attached hydrogens (tertiary/aromatic N) is 2. The SMILES string of the molecule is C#CCn1c(=NC(=O)c2ccc(F)cc2Cl)sc2cc(F)cc(F)c21. The van der Waals surface area contributed by atoms with Gasteiger partial charge in [-0.2, -0.15) is 4.99 Å². The molecular weight excluding hydrogens is 373 g/mol. The number of benzene rings is 2. The van der Waals surface area contributed by atoms with Crippen molar-refractivity contribution >= 4 is 39.1 Å². The van der Waals surface area contributed by atoms with Crippen LogP contribution in [0.2, 0.25) is 5.02 Å². The van der Waals surface area contributed by atoms with Gasteiger partial charge in [-0.05, 0) is 24.3 Å². The van der Waals surface area contributed by atoms with E-state index in [1.165, 1.54) is 10.6 Å². The van der Waals surface area contributed by atoms with Crippen LogP contribution in [0.5, 0.6) is 0 Å². The number of hydrogen-bond acceptors (Lipinski definition) is 2. The molecule has 2 aromatic carbocycles. The first-order chi connectivity index (χ1) is 11.9. The molecule has 0 saturated carbocycles. The van der Waals surface area contributed by atoms with Crippen molar-refractivity contribution in [3.63, 3.8) is 0 Å². The smallest absolute Gasteiger partial charge is 0.281 e. The van der Waals surface area contributed by atoms with Crippen LogP contribution in [-0.2, 0) is 6.54 Å². The van der Waals surface area contributed by atoms with Crippen LogP contribution in [0.25, 0.3) is 10.2 Å². The monoisotopic (exact) mass is 380 g/mol.